The van der Waals surface area contributed by atoms with Crippen LogP contribution in [-0.4, -0.2) is 36.0 Å². The van der Waals surface area contributed by atoms with E-state index in [9.17, 15) is 14.4 Å². The summed E-state index contributed by atoms with van der Waals surface area (Å²) in [6, 6.07) is 3.55. The van der Waals surface area contributed by atoms with E-state index in [4.69, 9.17) is 5.11 Å². The minimum atomic E-state index is -0.888. The van der Waals surface area contributed by atoms with E-state index in [1.54, 1.807) is 13.0 Å². The quantitative estimate of drug-likeness (QED) is 0.700. The molecule has 1 atom stereocenters. The summed E-state index contributed by atoms with van der Waals surface area (Å²) >= 11 is 1.36. The predicted molar refractivity (Wildman–Crippen MR) is 75.8 cm³/mol. The van der Waals surface area contributed by atoms with Crippen LogP contribution in [-0.2, 0) is 9.59 Å². The van der Waals surface area contributed by atoms with Crippen molar-refractivity contribution in [2.45, 2.75) is 20.3 Å². The Labute approximate surface area is 121 Å². The van der Waals surface area contributed by atoms with Crippen LogP contribution < -0.4 is 10.6 Å². The number of aliphatic carboxylic acids is 1. The molecule has 0 aromatic carbocycles. The van der Waals surface area contributed by atoms with Crippen LogP contribution in [0.2, 0.25) is 0 Å². The zero-order valence-electron chi connectivity index (χ0n) is 11.4. The highest BCUT2D eigenvalue weighted by Crippen LogP contribution is 2.14. The third-order valence-corrected chi connectivity index (χ3v) is 3.69. The van der Waals surface area contributed by atoms with Gasteiger partial charge < -0.3 is 15.7 Å². The number of hydrogen-bond donors (Lipinski definition) is 3. The lowest BCUT2D eigenvalue weighted by Gasteiger charge is -2.08. The molecule has 0 aliphatic carbocycles. The Bertz CT molecular complexity index is 498. The second-order valence-corrected chi connectivity index (χ2v) is 5.76. The van der Waals surface area contributed by atoms with Crippen LogP contribution in [0.5, 0.6) is 0 Å². The Morgan fingerprint density at radius 1 is 1.30 bits per heavy atom. The Morgan fingerprint density at radius 3 is 2.55 bits per heavy atom. The molecule has 20 heavy (non-hydrogen) atoms. The molecule has 0 aliphatic rings. The maximum absolute atomic E-state index is 11.7. The predicted octanol–water partition coefficient (Wildman–Crippen LogP) is 1.01. The van der Waals surface area contributed by atoms with Crippen LogP contribution >= 0.6 is 11.3 Å². The molecule has 1 aromatic heterocycles. The first-order valence-corrected chi connectivity index (χ1v) is 7.06. The van der Waals surface area contributed by atoms with E-state index in [2.05, 4.69) is 10.6 Å². The van der Waals surface area contributed by atoms with Gasteiger partial charge in [-0.05, 0) is 25.5 Å². The third-order valence-electron chi connectivity index (χ3n) is 2.69. The average molecular weight is 298 g/mol. The molecule has 2 amide bonds. The topological polar surface area (TPSA) is 95.5 Å². The van der Waals surface area contributed by atoms with E-state index < -0.39 is 11.9 Å². The van der Waals surface area contributed by atoms with Crippen LogP contribution in [0.25, 0.3) is 0 Å². The van der Waals surface area contributed by atoms with Crippen molar-refractivity contribution < 1.29 is 19.5 Å². The summed E-state index contributed by atoms with van der Waals surface area (Å²) in [6.45, 7) is 3.64. The van der Waals surface area contributed by atoms with Gasteiger partial charge in [-0.1, -0.05) is 6.92 Å². The molecule has 0 saturated heterocycles. The zero-order valence-corrected chi connectivity index (χ0v) is 12.3. The SMILES string of the molecule is Cc1ccc(C(=O)NCC(=O)NCCC(C)C(=O)O)s1. The fourth-order valence-electron chi connectivity index (χ4n) is 1.42. The van der Waals surface area contributed by atoms with Gasteiger partial charge in [0.15, 0.2) is 0 Å². The molecular formula is C13H18N2O4S. The fraction of sp³-hybridized carbons (Fsp3) is 0.462. The number of carboxylic acid groups (broad SMARTS) is 1. The van der Waals surface area contributed by atoms with Crippen molar-refractivity contribution in [1.29, 1.82) is 0 Å². The molecule has 3 N–H and O–H groups in total. The summed E-state index contributed by atoms with van der Waals surface area (Å²) in [5.74, 6) is -2.00. The molecule has 1 unspecified atom stereocenters. The third kappa shape index (κ3) is 5.40. The first-order chi connectivity index (χ1) is 9.40. The van der Waals surface area contributed by atoms with E-state index >= 15 is 0 Å². The number of amides is 2. The van der Waals surface area contributed by atoms with Crippen molar-refractivity contribution in [2.75, 3.05) is 13.1 Å². The van der Waals surface area contributed by atoms with E-state index in [1.165, 1.54) is 11.3 Å². The molecule has 6 nitrogen and oxygen atoms in total. The van der Waals surface area contributed by atoms with Crippen LogP contribution in [0.4, 0.5) is 0 Å². The van der Waals surface area contributed by atoms with Gasteiger partial charge in [-0.25, -0.2) is 0 Å². The van der Waals surface area contributed by atoms with Gasteiger partial charge in [-0.15, -0.1) is 11.3 Å². The zero-order chi connectivity index (χ0) is 15.1. The van der Waals surface area contributed by atoms with E-state index in [1.807, 2.05) is 13.0 Å². The fourth-order valence-corrected chi connectivity index (χ4v) is 2.20. The number of carbonyl (C=O) groups excluding carboxylic acids is 2. The lowest BCUT2D eigenvalue weighted by atomic mass is 10.1. The van der Waals surface area contributed by atoms with Crippen molar-refractivity contribution in [3.05, 3.63) is 21.9 Å². The van der Waals surface area contributed by atoms with Gasteiger partial charge >= 0.3 is 5.97 Å². The Kier molecular flexibility index (Phi) is 6.17. The summed E-state index contributed by atoms with van der Waals surface area (Å²) in [5, 5.41) is 13.8. The molecule has 7 heteroatoms. The molecule has 0 radical (unpaired) electrons. The van der Waals surface area contributed by atoms with Crippen molar-refractivity contribution in [1.82, 2.24) is 10.6 Å². The highest BCUT2D eigenvalue weighted by molar-refractivity contribution is 7.13. The largest absolute Gasteiger partial charge is 0.481 e. The van der Waals surface area contributed by atoms with Gasteiger partial charge in [0, 0.05) is 11.4 Å². The number of carboxylic acids is 1. The number of thiophene rings is 1. The van der Waals surface area contributed by atoms with Gasteiger partial charge in [-0.3, -0.25) is 14.4 Å². The summed E-state index contributed by atoms with van der Waals surface area (Å²) in [4.78, 5) is 35.3. The standard InChI is InChI=1S/C13H18N2O4S/c1-8(13(18)19)5-6-14-11(16)7-15-12(17)10-4-3-9(2)20-10/h3-4,8H,5-7H2,1-2H3,(H,14,16)(H,15,17)(H,18,19). The second-order valence-electron chi connectivity index (χ2n) is 4.47. The van der Waals surface area contributed by atoms with Crippen molar-refractivity contribution in [3.63, 3.8) is 0 Å². The first-order valence-electron chi connectivity index (χ1n) is 6.24. The Morgan fingerprint density at radius 2 is 2.00 bits per heavy atom. The van der Waals surface area contributed by atoms with Gasteiger partial charge in [0.1, 0.15) is 0 Å². The molecule has 1 aromatic rings. The normalized spacial score (nSPS) is 11.7. The number of hydrogen-bond acceptors (Lipinski definition) is 4. The molecule has 0 spiro atoms. The first kappa shape index (κ1) is 16.2. The van der Waals surface area contributed by atoms with Crippen LogP contribution in [0, 0.1) is 12.8 Å². The summed E-state index contributed by atoms with van der Waals surface area (Å²) in [5.41, 5.74) is 0. The molecule has 0 fully saturated rings. The molecule has 0 bridgehead atoms. The molecule has 1 heterocycles. The van der Waals surface area contributed by atoms with Gasteiger partial charge in [0.25, 0.3) is 5.91 Å². The van der Waals surface area contributed by atoms with E-state index in [0.29, 0.717) is 11.3 Å². The van der Waals surface area contributed by atoms with E-state index in [-0.39, 0.29) is 24.9 Å². The van der Waals surface area contributed by atoms with Gasteiger partial charge in [0.2, 0.25) is 5.91 Å². The number of nitrogens with one attached hydrogen (secondary N) is 2. The Balaban J connectivity index is 2.23. The maximum Gasteiger partial charge on any atom is 0.306 e. The maximum atomic E-state index is 11.7. The minimum Gasteiger partial charge on any atom is -0.481 e. The highest BCUT2D eigenvalue weighted by Gasteiger charge is 2.12. The van der Waals surface area contributed by atoms with E-state index in [0.717, 1.165) is 4.88 Å². The molecule has 110 valence electrons. The Hall–Kier alpha value is -1.89. The molecular weight excluding hydrogens is 280 g/mol. The number of aryl methyl sites for hydroxylation is 1. The molecule has 0 saturated carbocycles. The highest BCUT2D eigenvalue weighted by atomic mass is 32.1. The summed E-state index contributed by atoms with van der Waals surface area (Å²) < 4.78 is 0. The lowest BCUT2D eigenvalue weighted by Crippen LogP contribution is -2.37. The van der Waals surface area contributed by atoms with Gasteiger partial charge in [-0.2, -0.15) is 0 Å². The smallest absolute Gasteiger partial charge is 0.306 e. The monoisotopic (exact) mass is 298 g/mol. The minimum absolute atomic E-state index is 0.114. The number of rotatable bonds is 7. The van der Waals surface area contributed by atoms with Crippen LogP contribution in [0.15, 0.2) is 12.1 Å². The summed E-state index contributed by atoms with van der Waals surface area (Å²) in [7, 11) is 0. The molecule has 0 aliphatic heterocycles. The van der Waals surface area contributed by atoms with Crippen LogP contribution in [0.1, 0.15) is 27.9 Å². The number of carbonyl (C=O) groups is 3. The van der Waals surface area contributed by atoms with Crippen LogP contribution in [0.3, 0.4) is 0 Å². The van der Waals surface area contributed by atoms with Crippen molar-refractivity contribution in [2.24, 2.45) is 5.92 Å². The summed E-state index contributed by atoms with van der Waals surface area (Å²) in [6.07, 6.45) is 0.360. The van der Waals surface area contributed by atoms with Gasteiger partial charge in [0.05, 0.1) is 17.3 Å². The second kappa shape index (κ2) is 7.64. The average Bonchev–Trinajstić information content (AvgIpc) is 2.82. The molecule has 1 rings (SSSR count). The lowest BCUT2D eigenvalue weighted by molar-refractivity contribution is -0.141. The van der Waals surface area contributed by atoms with Crippen molar-refractivity contribution >= 4 is 29.1 Å². The van der Waals surface area contributed by atoms with Crippen molar-refractivity contribution in [3.8, 4) is 0 Å².